The van der Waals surface area contributed by atoms with Crippen molar-refractivity contribution in [3.63, 3.8) is 0 Å². The second-order valence-electron chi connectivity index (χ2n) is 11.1. The van der Waals surface area contributed by atoms with Gasteiger partial charge in [-0.05, 0) is 11.3 Å². The van der Waals surface area contributed by atoms with Gasteiger partial charge < -0.3 is 11.1 Å². The van der Waals surface area contributed by atoms with Crippen LogP contribution >= 0.6 is 0 Å². The normalized spacial score (nSPS) is 10.5. The van der Waals surface area contributed by atoms with Gasteiger partial charge in [-0.1, -0.05) is 84.0 Å². The SMILES string of the molecule is C[Si](C)(C)c1cnc(-c2[c-]cccc2)nc1.[B].[Ir].[Y].[c-]1ccc(-c2[c-]c3c(cc2)ccc2ccccc23)[c-]c1-c1ccccn1. The third-order valence-electron chi connectivity index (χ3n) is 7.07. The van der Waals surface area contributed by atoms with Crippen molar-refractivity contribution >= 4 is 43.2 Å². The standard InChI is InChI=1S/C25H14N.C13H15N2Si.B.Ir.Y/c1-2-9-23-18(6-1)11-12-19-13-14-21(17-24(19)23)20-7-5-8-22(16-20)25-10-3-4-15-26-25;1-16(2,3)12-9-14-13(15-10-12)11-7-5-4-6-8-11;;;/h1-7,9-15H;4-7,9-10H,1-3H3;;;/q-3;-1;;;. The van der Waals surface area contributed by atoms with Crippen molar-refractivity contribution < 1.29 is 52.8 Å². The molecule has 0 amide bonds. The number of hydrogen-bond acceptors (Lipinski definition) is 3. The van der Waals surface area contributed by atoms with E-state index in [1.54, 1.807) is 6.20 Å². The average molecular weight is 848 g/mol. The Morgan fingerprint density at radius 1 is 0.600 bits per heavy atom. The van der Waals surface area contributed by atoms with Gasteiger partial charge in [0.05, 0.1) is 13.9 Å². The molecule has 7 heteroatoms. The Morgan fingerprint density at radius 3 is 2.00 bits per heavy atom. The molecule has 219 valence electrons. The molecule has 0 atom stereocenters. The molecule has 0 saturated carbocycles. The van der Waals surface area contributed by atoms with Gasteiger partial charge in [-0.3, -0.25) is 33.2 Å². The summed E-state index contributed by atoms with van der Waals surface area (Å²) in [6, 6.07) is 48.0. The van der Waals surface area contributed by atoms with E-state index in [2.05, 4.69) is 107 Å². The Hall–Kier alpha value is -3.11. The molecule has 7 aromatic rings. The maximum atomic E-state index is 4.41. The first kappa shape index (κ1) is 36.4. The number of rotatable bonds is 4. The van der Waals surface area contributed by atoms with Crippen LogP contribution in [0.1, 0.15) is 0 Å². The minimum Gasteiger partial charge on any atom is -0.352 e. The molecule has 5 aromatic carbocycles. The summed E-state index contributed by atoms with van der Waals surface area (Å²) in [7, 11) is -1.29. The number of hydrogen-bond donors (Lipinski definition) is 0. The topological polar surface area (TPSA) is 38.7 Å². The Morgan fingerprint density at radius 2 is 1.29 bits per heavy atom. The maximum absolute atomic E-state index is 4.41. The van der Waals surface area contributed by atoms with Crippen LogP contribution in [0.4, 0.5) is 0 Å². The number of benzene rings is 5. The monoisotopic (exact) mass is 848 g/mol. The van der Waals surface area contributed by atoms with E-state index in [-0.39, 0.29) is 61.2 Å². The summed E-state index contributed by atoms with van der Waals surface area (Å²) in [4.78, 5) is 13.2. The predicted octanol–water partition coefficient (Wildman–Crippen LogP) is 8.23. The van der Waals surface area contributed by atoms with Crippen LogP contribution in [0, 0.1) is 24.3 Å². The number of nitrogens with zero attached hydrogens (tertiary/aromatic N) is 3. The van der Waals surface area contributed by atoms with E-state index in [0.717, 1.165) is 39.2 Å². The Bertz CT molecular complexity index is 1970. The number of aromatic nitrogens is 3. The van der Waals surface area contributed by atoms with Gasteiger partial charge in [-0.25, -0.2) is 6.07 Å². The van der Waals surface area contributed by atoms with Gasteiger partial charge in [0.15, 0.2) is 0 Å². The van der Waals surface area contributed by atoms with Crippen LogP contribution in [0.5, 0.6) is 0 Å². The van der Waals surface area contributed by atoms with E-state index >= 15 is 0 Å². The van der Waals surface area contributed by atoms with E-state index in [1.807, 2.05) is 67.0 Å². The minimum absolute atomic E-state index is 0. The Labute approximate surface area is 307 Å². The number of pyridine rings is 1. The zero-order chi connectivity index (χ0) is 28.9. The molecule has 2 aromatic heterocycles. The van der Waals surface area contributed by atoms with Crippen molar-refractivity contribution in [2.24, 2.45) is 0 Å². The third kappa shape index (κ3) is 8.79. The molecule has 0 aliphatic heterocycles. The van der Waals surface area contributed by atoms with Gasteiger partial charge in [0.1, 0.15) is 0 Å². The van der Waals surface area contributed by atoms with Crippen LogP contribution < -0.4 is 5.19 Å². The maximum Gasteiger partial charge on any atom is 0.0815 e. The average Bonchev–Trinajstić information content (AvgIpc) is 3.05. The van der Waals surface area contributed by atoms with Gasteiger partial charge in [0.2, 0.25) is 0 Å². The zero-order valence-corrected chi connectivity index (χ0v) is 31.6. The predicted molar refractivity (Wildman–Crippen MR) is 182 cm³/mol. The number of fused-ring (bicyclic) bond motifs is 3. The molecule has 3 nitrogen and oxygen atoms in total. The van der Waals surface area contributed by atoms with E-state index in [9.17, 15) is 0 Å². The second-order valence-corrected chi connectivity index (χ2v) is 16.1. The zero-order valence-electron chi connectivity index (χ0n) is 25.4. The van der Waals surface area contributed by atoms with Gasteiger partial charge in [-0.15, -0.1) is 65.5 Å². The molecule has 7 rings (SSSR count). The first-order valence-corrected chi connectivity index (χ1v) is 17.4. The molecule has 0 bridgehead atoms. The first-order chi connectivity index (χ1) is 20.5. The molecule has 2 heterocycles. The molecule has 0 unspecified atom stereocenters. The molecule has 45 heavy (non-hydrogen) atoms. The van der Waals surface area contributed by atoms with Crippen molar-refractivity contribution in [1.82, 2.24) is 15.0 Å². The van der Waals surface area contributed by atoms with E-state index in [1.165, 1.54) is 21.3 Å². The summed E-state index contributed by atoms with van der Waals surface area (Å²) in [6.45, 7) is 6.88. The molecule has 5 radical (unpaired) electrons. The van der Waals surface area contributed by atoms with Crippen molar-refractivity contribution in [1.29, 1.82) is 0 Å². The third-order valence-corrected chi connectivity index (χ3v) is 9.06. The molecule has 0 aliphatic carbocycles. The summed E-state index contributed by atoms with van der Waals surface area (Å²) in [5.74, 6) is 0.752. The first-order valence-electron chi connectivity index (χ1n) is 13.9. The Balaban J connectivity index is 0.000000254. The van der Waals surface area contributed by atoms with E-state index < -0.39 is 8.07 Å². The minimum atomic E-state index is -1.29. The molecule has 0 spiro atoms. The van der Waals surface area contributed by atoms with Crippen molar-refractivity contribution in [3.05, 3.63) is 146 Å². The van der Waals surface area contributed by atoms with Crippen molar-refractivity contribution in [3.8, 4) is 33.8 Å². The van der Waals surface area contributed by atoms with E-state index in [4.69, 9.17) is 0 Å². The molecule has 0 fully saturated rings. The van der Waals surface area contributed by atoms with Gasteiger partial charge >= 0.3 is 0 Å². The largest absolute Gasteiger partial charge is 0.352 e. The van der Waals surface area contributed by atoms with Crippen molar-refractivity contribution in [2.45, 2.75) is 19.6 Å². The van der Waals surface area contributed by atoms with Crippen LogP contribution in [0.25, 0.3) is 55.3 Å². The van der Waals surface area contributed by atoms with Crippen LogP contribution in [0.2, 0.25) is 19.6 Å². The molecule has 0 saturated heterocycles. The fourth-order valence-corrected chi connectivity index (χ4v) is 5.59. The van der Waals surface area contributed by atoms with Gasteiger partial charge in [0, 0.05) is 79.8 Å². The molecule has 0 N–H and O–H groups in total. The second kappa shape index (κ2) is 16.4. The fourth-order valence-electron chi connectivity index (χ4n) is 4.69. The van der Waals surface area contributed by atoms with Gasteiger partial charge in [0.25, 0.3) is 0 Å². The summed E-state index contributed by atoms with van der Waals surface area (Å²) < 4.78 is 0. The quantitative estimate of drug-likeness (QED) is 0.102. The van der Waals surface area contributed by atoms with Crippen LogP contribution in [-0.4, -0.2) is 31.4 Å². The molecular weight excluding hydrogens is 818 g/mol. The smallest absolute Gasteiger partial charge is 0.0815 e. The summed E-state index contributed by atoms with van der Waals surface area (Å²) in [6.07, 6.45) is 5.70. The molecular formula is C38H29BIrN3SiY-4. The van der Waals surface area contributed by atoms with Gasteiger partial charge in [-0.2, -0.15) is 5.56 Å². The van der Waals surface area contributed by atoms with Crippen LogP contribution in [0.3, 0.4) is 0 Å². The van der Waals surface area contributed by atoms with Crippen LogP contribution in [-0.2, 0) is 52.8 Å². The van der Waals surface area contributed by atoms with Crippen LogP contribution in [0.15, 0.2) is 122 Å². The summed E-state index contributed by atoms with van der Waals surface area (Å²) in [5.41, 5.74) is 4.72. The summed E-state index contributed by atoms with van der Waals surface area (Å²) in [5, 5.41) is 6.07. The summed E-state index contributed by atoms with van der Waals surface area (Å²) >= 11 is 0. The molecule has 0 aliphatic rings. The Kier molecular flexibility index (Phi) is 13.3. The van der Waals surface area contributed by atoms with Crippen molar-refractivity contribution in [2.75, 3.05) is 0 Å². The van der Waals surface area contributed by atoms with E-state index in [0.29, 0.717) is 0 Å². The fraction of sp³-hybridized carbons (Fsp3) is 0.0789.